The molecule has 0 saturated carbocycles. The van der Waals surface area contributed by atoms with Crippen molar-refractivity contribution in [2.75, 3.05) is 7.11 Å². The topological polar surface area (TPSA) is 63.9 Å². The third-order valence-corrected chi connectivity index (χ3v) is 3.11. The van der Waals surface area contributed by atoms with E-state index in [-0.39, 0.29) is 0 Å². The molecule has 96 valence electrons. The lowest BCUT2D eigenvalue weighted by molar-refractivity contribution is 0.410. The Bertz CT molecular complexity index is 551. The van der Waals surface area contributed by atoms with Crippen LogP contribution in [-0.2, 0) is 13.0 Å². The number of rotatable bonds is 4. The van der Waals surface area contributed by atoms with E-state index in [2.05, 4.69) is 16.9 Å². The van der Waals surface area contributed by atoms with Gasteiger partial charge in [0, 0.05) is 5.56 Å². The van der Waals surface area contributed by atoms with E-state index >= 15 is 0 Å². The van der Waals surface area contributed by atoms with Gasteiger partial charge in [0.25, 0.3) is 0 Å². The van der Waals surface area contributed by atoms with Crippen molar-refractivity contribution in [3.8, 4) is 17.0 Å². The Hall–Kier alpha value is -1.52. The Morgan fingerprint density at radius 2 is 2.22 bits per heavy atom. The van der Waals surface area contributed by atoms with Gasteiger partial charge < -0.3 is 15.5 Å². The number of aromatic nitrogens is 2. The normalized spacial score (nSPS) is 10.7. The fraction of sp³-hybridized carbons (Fsp3) is 0.308. The second kappa shape index (κ2) is 5.42. The third-order valence-electron chi connectivity index (χ3n) is 2.84. The third kappa shape index (κ3) is 2.35. The summed E-state index contributed by atoms with van der Waals surface area (Å²) < 4.78 is 5.30. The van der Waals surface area contributed by atoms with Gasteiger partial charge in [0.1, 0.15) is 22.4 Å². The number of nitrogens with two attached hydrogens (primary N) is 1. The number of halogens is 1. The minimum atomic E-state index is 0.344. The van der Waals surface area contributed by atoms with Crippen molar-refractivity contribution in [1.29, 1.82) is 0 Å². The molecule has 1 aromatic carbocycles. The molecule has 4 nitrogen and oxygen atoms in total. The summed E-state index contributed by atoms with van der Waals surface area (Å²) in [5.41, 5.74) is 8.36. The van der Waals surface area contributed by atoms with Gasteiger partial charge in [-0.15, -0.1) is 0 Å². The summed E-state index contributed by atoms with van der Waals surface area (Å²) >= 11 is 6.12. The number of aromatic amines is 1. The highest BCUT2D eigenvalue weighted by Gasteiger charge is 2.11. The lowest BCUT2D eigenvalue weighted by atomic mass is 10.1. The van der Waals surface area contributed by atoms with E-state index in [4.69, 9.17) is 22.1 Å². The molecule has 0 spiro atoms. The number of hydrogen-bond acceptors (Lipinski definition) is 3. The largest absolute Gasteiger partial charge is 0.496 e. The van der Waals surface area contributed by atoms with Crippen LogP contribution in [0.2, 0.25) is 5.15 Å². The van der Waals surface area contributed by atoms with E-state index in [1.807, 2.05) is 18.2 Å². The van der Waals surface area contributed by atoms with Crippen LogP contribution in [0.4, 0.5) is 0 Å². The molecule has 0 saturated heterocycles. The number of aryl methyl sites for hydroxylation is 1. The van der Waals surface area contributed by atoms with Crippen LogP contribution < -0.4 is 10.5 Å². The Labute approximate surface area is 111 Å². The van der Waals surface area contributed by atoms with Crippen molar-refractivity contribution in [2.24, 2.45) is 5.73 Å². The lowest BCUT2D eigenvalue weighted by Gasteiger charge is -2.08. The molecule has 0 radical (unpaired) electrons. The maximum absolute atomic E-state index is 6.12. The van der Waals surface area contributed by atoms with Gasteiger partial charge in [-0.1, -0.05) is 18.5 Å². The van der Waals surface area contributed by atoms with Crippen LogP contribution in [0.25, 0.3) is 11.3 Å². The molecule has 0 bridgehead atoms. The molecule has 0 unspecified atom stereocenters. The highest BCUT2D eigenvalue weighted by molar-refractivity contribution is 6.31. The predicted molar refractivity (Wildman–Crippen MR) is 72.9 cm³/mol. The molecule has 5 heteroatoms. The fourth-order valence-electron chi connectivity index (χ4n) is 1.89. The molecule has 3 N–H and O–H groups in total. The first-order valence-corrected chi connectivity index (χ1v) is 6.19. The molecule has 0 amide bonds. The van der Waals surface area contributed by atoms with Gasteiger partial charge >= 0.3 is 0 Å². The smallest absolute Gasteiger partial charge is 0.134 e. The number of methoxy groups -OCH3 is 1. The Balaban J connectivity index is 2.47. The van der Waals surface area contributed by atoms with E-state index in [0.717, 1.165) is 29.0 Å². The summed E-state index contributed by atoms with van der Waals surface area (Å²) in [7, 11) is 1.67. The zero-order chi connectivity index (χ0) is 13.1. The second-order valence-electron chi connectivity index (χ2n) is 3.93. The maximum Gasteiger partial charge on any atom is 0.134 e. The zero-order valence-corrected chi connectivity index (χ0v) is 11.2. The molecule has 0 aliphatic heterocycles. The Morgan fingerprint density at radius 1 is 1.44 bits per heavy atom. The van der Waals surface area contributed by atoms with Gasteiger partial charge in [-0.05, 0) is 30.2 Å². The molecule has 18 heavy (non-hydrogen) atoms. The van der Waals surface area contributed by atoms with Crippen molar-refractivity contribution in [1.82, 2.24) is 9.97 Å². The maximum atomic E-state index is 6.12. The summed E-state index contributed by atoms with van der Waals surface area (Å²) in [5, 5.41) is 0.516. The molecule has 0 atom stereocenters. The second-order valence-corrected chi connectivity index (χ2v) is 4.31. The number of H-pyrrole nitrogens is 1. The van der Waals surface area contributed by atoms with Gasteiger partial charge in [0.2, 0.25) is 0 Å². The standard InChI is InChI=1S/C13H16ClN3O/c1-3-8-6-9(4-5-10(8)18-2)12-13(14)17-11(7-15)16-12/h4-6H,3,7,15H2,1-2H3,(H,16,17). The average Bonchev–Trinajstić information content (AvgIpc) is 2.79. The summed E-state index contributed by atoms with van der Waals surface area (Å²) in [5.74, 6) is 1.57. The van der Waals surface area contributed by atoms with Crippen LogP contribution in [-0.4, -0.2) is 17.1 Å². The van der Waals surface area contributed by atoms with E-state index < -0.39 is 0 Å². The van der Waals surface area contributed by atoms with Crippen LogP contribution in [0.1, 0.15) is 18.3 Å². The number of ether oxygens (including phenoxy) is 1. The summed E-state index contributed by atoms with van der Waals surface area (Å²) in [6, 6.07) is 5.92. The summed E-state index contributed by atoms with van der Waals surface area (Å²) in [6.45, 7) is 2.43. The van der Waals surface area contributed by atoms with Gasteiger partial charge in [-0.25, -0.2) is 4.98 Å². The average molecular weight is 266 g/mol. The van der Waals surface area contributed by atoms with Crippen LogP contribution in [0, 0.1) is 0 Å². The van der Waals surface area contributed by atoms with Gasteiger partial charge in [0.15, 0.2) is 0 Å². The van der Waals surface area contributed by atoms with Crippen LogP contribution in [0.5, 0.6) is 5.75 Å². The van der Waals surface area contributed by atoms with Gasteiger partial charge in [-0.2, -0.15) is 0 Å². The molecule has 1 aromatic heterocycles. The number of nitrogens with one attached hydrogen (secondary N) is 1. The molecule has 2 aromatic rings. The van der Waals surface area contributed by atoms with E-state index in [0.29, 0.717) is 17.5 Å². The molecule has 2 rings (SSSR count). The minimum absolute atomic E-state index is 0.344. The number of benzene rings is 1. The lowest BCUT2D eigenvalue weighted by Crippen LogP contribution is -1.97. The molecular weight excluding hydrogens is 250 g/mol. The van der Waals surface area contributed by atoms with Crippen molar-refractivity contribution in [3.63, 3.8) is 0 Å². The first kappa shape index (κ1) is 12.9. The van der Waals surface area contributed by atoms with Crippen LogP contribution in [0.3, 0.4) is 0 Å². The van der Waals surface area contributed by atoms with Gasteiger partial charge in [0.05, 0.1) is 13.7 Å². The molecule has 0 aliphatic rings. The van der Waals surface area contributed by atoms with Crippen LogP contribution >= 0.6 is 11.6 Å². The SMILES string of the molecule is CCc1cc(-c2nc(CN)[nH]c2Cl)ccc1OC. The van der Waals surface area contributed by atoms with E-state index in [1.54, 1.807) is 7.11 Å². The first-order chi connectivity index (χ1) is 8.69. The minimum Gasteiger partial charge on any atom is -0.496 e. The number of imidazole rings is 1. The first-order valence-electron chi connectivity index (χ1n) is 5.81. The van der Waals surface area contributed by atoms with E-state index in [9.17, 15) is 0 Å². The number of nitrogens with zero attached hydrogens (tertiary/aromatic N) is 1. The predicted octanol–water partition coefficient (Wildman–Crippen LogP) is 2.76. The van der Waals surface area contributed by atoms with Crippen molar-refractivity contribution >= 4 is 11.6 Å². The molecular formula is C13H16ClN3O. The van der Waals surface area contributed by atoms with E-state index in [1.165, 1.54) is 0 Å². The molecule has 1 heterocycles. The molecule has 0 fully saturated rings. The van der Waals surface area contributed by atoms with Crippen molar-refractivity contribution in [3.05, 3.63) is 34.7 Å². The monoisotopic (exact) mass is 265 g/mol. The fourth-order valence-corrected chi connectivity index (χ4v) is 2.15. The zero-order valence-electron chi connectivity index (χ0n) is 10.5. The number of hydrogen-bond donors (Lipinski definition) is 2. The van der Waals surface area contributed by atoms with Gasteiger partial charge in [-0.3, -0.25) is 0 Å². The summed E-state index contributed by atoms with van der Waals surface area (Å²) in [6.07, 6.45) is 0.892. The highest BCUT2D eigenvalue weighted by atomic mass is 35.5. The Morgan fingerprint density at radius 3 is 2.78 bits per heavy atom. The van der Waals surface area contributed by atoms with Crippen LogP contribution in [0.15, 0.2) is 18.2 Å². The van der Waals surface area contributed by atoms with Crippen molar-refractivity contribution in [2.45, 2.75) is 19.9 Å². The van der Waals surface area contributed by atoms with Crippen molar-refractivity contribution < 1.29 is 4.74 Å². The summed E-state index contributed by atoms with van der Waals surface area (Å²) in [4.78, 5) is 7.33. The Kier molecular flexibility index (Phi) is 3.89. The highest BCUT2D eigenvalue weighted by Crippen LogP contribution is 2.30. The molecule has 0 aliphatic carbocycles. The quantitative estimate of drug-likeness (QED) is 0.893.